The van der Waals surface area contributed by atoms with Crippen molar-refractivity contribution in [3.05, 3.63) is 95.6 Å². The quantitative estimate of drug-likeness (QED) is 0.598. The predicted molar refractivity (Wildman–Crippen MR) is 123 cm³/mol. The van der Waals surface area contributed by atoms with Gasteiger partial charge in [-0.1, -0.05) is 60.7 Å². The zero-order valence-electron chi connectivity index (χ0n) is 17.1. The number of carbonyl (C=O) groups is 2. The summed E-state index contributed by atoms with van der Waals surface area (Å²) in [5.74, 6) is 0.112. The molecule has 0 bridgehead atoms. The van der Waals surface area contributed by atoms with E-state index in [2.05, 4.69) is 10.6 Å². The molecule has 2 aliphatic rings. The molecular formula is C26H23N3O2. The second kappa shape index (κ2) is 8.11. The number of para-hydroxylation sites is 1. The highest BCUT2D eigenvalue weighted by molar-refractivity contribution is 6.37. The van der Waals surface area contributed by atoms with E-state index < -0.39 is 0 Å². The van der Waals surface area contributed by atoms with E-state index >= 15 is 0 Å². The smallest absolute Gasteiger partial charge is 0.258 e. The Hall–Kier alpha value is -3.86. The number of nitrogens with one attached hydrogen (secondary N) is 2. The average Bonchev–Trinajstić information content (AvgIpc) is 3.35. The lowest BCUT2D eigenvalue weighted by molar-refractivity contribution is -0.128. The number of hydrogen-bond acceptors (Lipinski definition) is 3. The molecule has 1 fully saturated rings. The first-order chi connectivity index (χ1) is 15.2. The van der Waals surface area contributed by atoms with Gasteiger partial charge in [0.2, 0.25) is 5.91 Å². The summed E-state index contributed by atoms with van der Waals surface area (Å²) in [6.45, 7) is 1.47. The first-order valence-electron chi connectivity index (χ1n) is 10.5. The lowest BCUT2D eigenvalue weighted by Crippen LogP contribution is -2.23. The molecule has 0 unspecified atom stereocenters. The van der Waals surface area contributed by atoms with Gasteiger partial charge in [-0.05, 0) is 35.7 Å². The van der Waals surface area contributed by atoms with E-state index in [-0.39, 0.29) is 11.8 Å². The molecule has 5 nitrogen and oxygen atoms in total. The lowest BCUT2D eigenvalue weighted by atomic mass is 10.00. The fourth-order valence-corrected chi connectivity index (χ4v) is 4.18. The normalized spacial score (nSPS) is 16.8. The molecule has 5 heteroatoms. The minimum absolute atomic E-state index is 0.114. The zero-order chi connectivity index (χ0) is 21.2. The first-order valence-corrected chi connectivity index (χ1v) is 10.5. The number of fused-ring (bicyclic) bond motifs is 1. The van der Waals surface area contributed by atoms with Crippen molar-refractivity contribution in [2.75, 3.05) is 17.2 Å². The van der Waals surface area contributed by atoms with Gasteiger partial charge in [0.25, 0.3) is 5.91 Å². The van der Waals surface area contributed by atoms with Gasteiger partial charge in [-0.15, -0.1) is 0 Å². The third-order valence-electron chi connectivity index (χ3n) is 5.75. The molecular weight excluding hydrogens is 386 g/mol. The number of carbonyl (C=O) groups excluding carboxylic acids is 2. The van der Waals surface area contributed by atoms with E-state index in [1.807, 2.05) is 83.8 Å². The molecule has 5 rings (SSSR count). The van der Waals surface area contributed by atoms with Crippen molar-refractivity contribution in [2.45, 2.75) is 19.4 Å². The van der Waals surface area contributed by atoms with Crippen LogP contribution in [0.1, 0.15) is 29.5 Å². The summed E-state index contributed by atoms with van der Waals surface area (Å²) >= 11 is 0. The minimum Gasteiger partial charge on any atom is -0.354 e. The number of benzene rings is 3. The predicted octanol–water partition coefficient (Wildman–Crippen LogP) is 4.74. The van der Waals surface area contributed by atoms with Gasteiger partial charge in [-0.25, -0.2) is 0 Å². The summed E-state index contributed by atoms with van der Waals surface area (Å²) < 4.78 is 0. The van der Waals surface area contributed by atoms with E-state index in [1.165, 1.54) is 0 Å². The van der Waals surface area contributed by atoms with Crippen molar-refractivity contribution >= 4 is 34.5 Å². The van der Waals surface area contributed by atoms with E-state index in [1.54, 1.807) is 0 Å². The zero-order valence-corrected chi connectivity index (χ0v) is 17.1. The van der Waals surface area contributed by atoms with E-state index in [0.29, 0.717) is 18.5 Å². The van der Waals surface area contributed by atoms with Gasteiger partial charge in [-0.2, -0.15) is 0 Å². The van der Waals surface area contributed by atoms with Crippen molar-refractivity contribution in [1.29, 1.82) is 0 Å². The van der Waals surface area contributed by atoms with Crippen LogP contribution in [-0.2, 0) is 16.1 Å². The molecule has 0 aliphatic carbocycles. The molecule has 2 N–H and O–H groups in total. The summed E-state index contributed by atoms with van der Waals surface area (Å²) in [5, 5.41) is 6.44. The van der Waals surface area contributed by atoms with Gasteiger partial charge in [-0.3, -0.25) is 9.59 Å². The van der Waals surface area contributed by atoms with Crippen LogP contribution in [0.15, 0.2) is 78.9 Å². The van der Waals surface area contributed by atoms with Crippen LogP contribution in [-0.4, -0.2) is 23.3 Å². The molecule has 2 amide bonds. The fraction of sp³-hybridized carbons (Fsp3) is 0.154. The standard InChI is InChI=1S/C26H23N3O2/c30-23-11-6-16-29(23)17-18-12-14-20(15-13-18)27-25(19-7-2-1-3-8-19)24-21-9-4-5-10-22(21)28-26(24)31/h1-5,7-10,12-15,27H,6,11,16-17H2,(H,28,31). The summed E-state index contributed by atoms with van der Waals surface area (Å²) in [6.07, 6.45) is 1.59. The molecule has 1 saturated heterocycles. The van der Waals surface area contributed by atoms with Crippen LogP contribution in [0.25, 0.3) is 11.3 Å². The Labute approximate surface area is 181 Å². The fourth-order valence-electron chi connectivity index (χ4n) is 4.18. The minimum atomic E-state index is -0.114. The Morgan fingerprint density at radius 3 is 2.39 bits per heavy atom. The third kappa shape index (κ3) is 3.82. The van der Waals surface area contributed by atoms with Gasteiger partial charge in [0, 0.05) is 36.4 Å². The van der Waals surface area contributed by atoms with Crippen molar-refractivity contribution < 1.29 is 9.59 Å². The van der Waals surface area contributed by atoms with Crippen LogP contribution in [0.2, 0.25) is 0 Å². The molecule has 0 aromatic heterocycles. The number of likely N-dealkylation sites (tertiary alicyclic amines) is 1. The Morgan fingerprint density at radius 2 is 1.65 bits per heavy atom. The van der Waals surface area contributed by atoms with Gasteiger partial charge in [0.15, 0.2) is 0 Å². The van der Waals surface area contributed by atoms with Gasteiger partial charge < -0.3 is 15.5 Å². The van der Waals surface area contributed by atoms with E-state index in [4.69, 9.17) is 0 Å². The van der Waals surface area contributed by atoms with E-state index in [9.17, 15) is 9.59 Å². The molecule has 0 spiro atoms. The Kier molecular flexibility index (Phi) is 5.00. The van der Waals surface area contributed by atoms with Gasteiger partial charge in [0.1, 0.15) is 0 Å². The molecule has 154 valence electrons. The number of nitrogens with zero attached hydrogens (tertiary/aromatic N) is 1. The van der Waals surface area contributed by atoms with Crippen molar-refractivity contribution in [3.63, 3.8) is 0 Å². The second-order valence-corrected chi connectivity index (χ2v) is 7.86. The van der Waals surface area contributed by atoms with Crippen LogP contribution < -0.4 is 10.6 Å². The maximum Gasteiger partial charge on any atom is 0.258 e. The highest BCUT2D eigenvalue weighted by Gasteiger charge is 2.28. The largest absolute Gasteiger partial charge is 0.354 e. The highest BCUT2D eigenvalue weighted by Crippen LogP contribution is 2.37. The summed E-state index contributed by atoms with van der Waals surface area (Å²) in [4.78, 5) is 26.7. The monoisotopic (exact) mass is 409 g/mol. The second-order valence-electron chi connectivity index (χ2n) is 7.86. The number of rotatable bonds is 5. The Morgan fingerprint density at radius 1 is 0.903 bits per heavy atom. The number of amides is 2. The van der Waals surface area contributed by atoms with Crippen LogP contribution in [0.5, 0.6) is 0 Å². The van der Waals surface area contributed by atoms with Crippen molar-refractivity contribution in [1.82, 2.24) is 4.90 Å². The molecule has 0 atom stereocenters. The summed E-state index contributed by atoms with van der Waals surface area (Å²) in [7, 11) is 0. The number of hydrogen-bond donors (Lipinski definition) is 2. The Balaban J connectivity index is 1.48. The van der Waals surface area contributed by atoms with Crippen LogP contribution in [0.3, 0.4) is 0 Å². The SMILES string of the molecule is O=C1Nc2ccccc2C1=C(Nc1ccc(CN2CCCC2=O)cc1)c1ccccc1. The Bertz CT molecular complexity index is 1170. The number of anilines is 2. The average molecular weight is 409 g/mol. The van der Waals surface area contributed by atoms with E-state index in [0.717, 1.165) is 46.7 Å². The maximum atomic E-state index is 12.9. The van der Waals surface area contributed by atoms with Crippen LogP contribution >= 0.6 is 0 Å². The lowest BCUT2D eigenvalue weighted by Gasteiger charge is -2.17. The summed E-state index contributed by atoms with van der Waals surface area (Å²) in [5.41, 5.74) is 6.04. The van der Waals surface area contributed by atoms with Crippen LogP contribution in [0, 0.1) is 0 Å². The molecule has 31 heavy (non-hydrogen) atoms. The summed E-state index contributed by atoms with van der Waals surface area (Å²) in [6, 6.07) is 25.7. The molecule has 2 aliphatic heterocycles. The third-order valence-corrected chi connectivity index (χ3v) is 5.75. The molecule has 3 aromatic carbocycles. The first kappa shape index (κ1) is 19.1. The molecule has 3 aromatic rings. The molecule has 0 saturated carbocycles. The van der Waals surface area contributed by atoms with Gasteiger partial charge >= 0.3 is 0 Å². The van der Waals surface area contributed by atoms with Crippen molar-refractivity contribution in [2.24, 2.45) is 0 Å². The molecule has 0 radical (unpaired) electrons. The van der Waals surface area contributed by atoms with Crippen LogP contribution in [0.4, 0.5) is 11.4 Å². The topological polar surface area (TPSA) is 61.4 Å². The highest BCUT2D eigenvalue weighted by atomic mass is 16.2. The van der Waals surface area contributed by atoms with Gasteiger partial charge in [0.05, 0.1) is 11.3 Å². The van der Waals surface area contributed by atoms with Crippen molar-refractivity contribution in [3.8, 4) is 0 Å². The molecule has 2 heterocycles. The maximum absolute atomic E-state index is 12.9.